The molecule has 0 nitrogen and oxygen atoms in total. The fourth-order valence-electron chi connectivity index (χ4n) is 1.11. The monoisotopic (exact) mass is 168 g/mol. The molecule has 0 aromatic heterocycles. The van der Waals surface area contributed by atoms with Crippen LogP contribution in [0.4, 0.5) is 8.78 Å². The number of hydrogen-bond donors (Lipinski definition) is 0. The molecule has 0 atom stereocenters. The van der Waals surface area contributed by atoms with Crippen LogP contribution in [0.2, 0.25) is 0 Å². The summed E-state index contributed by atoms with van der Waals surface area (Å²) in [6.07, 6.45) is 0. The standard InChI is InChI=1S/C10H10F2/c1-6(2)8-4-5-9(11)10(12)7(8)3/h4-5H,1H2,2-3H3. The lowest BCUT2D eigenvalue weighted by atomic mass is 10.0. The molecule has 0 spiro atoms. The Labute approximate surface area is 70.5 Å². The van der Waals surface area contributed by atoms with Crippen LogP contribution in [-0.2, 0) is 0 Å². The third-order valence-corrected chi connectivity index (χ3v) is 1.80. The highest BCUT2D eigenvalue weighted by Crippen LogP contribution is 2.20. The highest BCUT2D eigenvalue weighted by Gasteiger charge is 2.08. The molecule has 1 aromatic rings. The molecule has 1 rings (SSSR count). The molecule has 0 fully saturated rings. The van der Waals surface area contributed by atoms with Crippen molar-refractivity contribution in [3.8, 4) is 0 Å². The molecule has 0 bridgehead atoms. The minimum absolute atomic E-state index is 0.322. The average molecular weight is 168 g/mol. The van der Waals surface area contributed by atoms with Gasteiger partial charge in [-0.15, -0.1) is 0 Å². The first-order valence-electron chi connectivity index (χ1n) is 3.64. The molecule has 64 valence electrons. The van der Waals surface area contributed by atoms with Crippen molar-refractivity contribution in [3.63, 3.8) is 0 Å². The molecule has 0 heterocycles. The van der Waals surface area contributed by atoms with Crippen LogP contribution in [0.15, 0.2) is 18.7 Å². The topological polar surface area (TPSA) is 0 Å². The van der Waals surface area contributed by atoms with Gasteiger partial charge in [-0.25, -0.2) is 8.78 Å². The Morgan fingerprint density at radius 1 is 1.33 bits per heavy atom. The quantitative estimate of drug-likeness (QED) is 0.603. The third kappa shape index (κ3) is 1.37. The zero-order valence-corrected chi connectivity index (χ0v) is 7.12. The van der Waals surface area contributed by atoms with E-state index in [0.29, 0.717) is 11.1 Å². The first kappa shape index (κ1) is 8.91. The van der Waals surface area contributed by atoms with Gasteiger partial charge in [0.05, 0.1) is 0 Å². The van der Waals surface area contributed by atoms with E-state index in [4.69, 9.17) is 0 Å². The van der Waals surface area contributed by atoms with Crippen molar-refractivity contribution in [1.82, 2.24) is 0 Å². The van der Waals surface area contributed by atoms with E-state index in [0.717, 1.165) is 11.6 Å². The van der Waals surface area contributed by atoms with Crippen molar-refractivity contribution in [2.24, 2.45) is 0 Å². The summed E-state index contributed by atoms with van der Waals surface area (Å²) in [5, 5.41) is 0. The van der Waals surface area contributed by atoms with Crippen LogP contribution < -0.4 is 0 Å². The van der Waals surface area contributed by atoms with Gasteiger partial charge in [-0.1, -0.05) is 18.2 Å². The Hall–Kier alpha value is -1.18. The molecule has 0 unspecified atom stereocenters. The second kappa shape index (κ2) is 3.05. The van der Waals surface area contributed by atoms with Crippen molar-refractivity contribution in [2.75, 3.05) is 0 Å². The molecule has 0 amide bonds. The molecule has 0 aliphatic rings. The summed E-state index contributed by atoms with van der Waals surface area (Å²) in [7, 11) is 0. The summed E-state index contributed by atoms with van der Waals surface area (Å²) in [4.78, 5) is 0. The normalized spacial score (nSPS) is 10.0. The maximum atomic E-state index is 12.9. The fourth-order valence-corrected chi connectivity index (χ4v) is 1.11. The molecule has 0 radical (unpaired) electrons. The van der Waals surface area contributed by atoms with Gasteiger partial charge < -0.3 is 0 Å². The summed E-state index contributed by atoms with van der Waals surface area (Å²) in [6.45, 7) is 6.98. The minimum atomic E-state index is -0.808. The number of halogens is 2. The van der Waals surface area contributed by atoms with E-state index < -0.39 is 11.6 Å². The van der Waals surface area contributed by atoms with Crippen molar-refractivity contribution in [2.45, 2.75) is 13.8 Å². The van der Waals surface area contributed by atoms with Crippen molar-refractivity contribution in [3.05, 3.63) is 41.5 Å². The van der Waals surface area contributed by atoms with Gasteiger partial charge in [0.25, 0.3) is 0 Å². The van der Waals surface area contributed by atoms with Gasteiger partial charge in [-0.3, -0.25) is 0 Å². The Bertz CT molecular complexity index is 327. The molecule has 0 aliphatic carbocycles. The number of allylic oxidation sites excluding steroid dienone is 1. The third-order valence-electron chi connectivity index (χ3n) is 1.80. The smallest absolute Gasteiger partial charge is 0.162 e. The maximum absolute atomic E-state index is 12.9. The van der Waals surface area contributed by atoms with Gasteiger partial charge in [0, 0.05) is 0 Å². The predicted octanol–water partition coefficient (Wildman–Crippen LogP) is 3.31. The second-order valence-electron chi connectivity index (χ2n) is 2.81. The predicted molar refractivity (Wildman–Crippen MR) is 45.8 cm³/mol. The summed E-state index contributed by atoms with van der Waals surface area (Å²) < 4.78 is 25.6. The zero-order chi connectivity index (χ0) is 9.30. The summed E-state index contributed by atoms with van der Waals surface area (Å²) in [6, 6.07) is 2.66. The molecule has 1 aromatic carbocycles. The molecule has 12 heavy (non-hydrogen) atoms. The molecule has 0 saturated carbocycles. The SMILES string of the molecule is C=C(C)c1ccc(F)c(F)c1C. The summed E-state index contributed by atoms with van der Waals surface area (Å²) in [5.74, 6) is -1.59. The maximum Gasteiger partial charge on any atom is 0.162 e. The lowest BCUT2D eigenvalue weighted by Crippen LogP contribution is -1.93. The lowest BCUT2D eigenvalue weighted by Gasteiger charge is -2.05. The largest absolute Gasteiger partial charge is 0.204 e. The van der Waals surface area contributed by atoms with Gasteiger partial charge in [-0.05, 0) is 31.0 Å². The van der Waals surface area contributed by atoms with E-state index in [-0.39, 0.29) is 0 Å². The van der Waals surface area contributed by atoms with Crippen LogP contribution in [0.1, 0.15) is 18.1 Å². The zero-order valence-electron chi connectivity index (χ0n) is 7.12. The molecular weight excluding hydrogens is 158 g/mol. The van der Waals surface area contributed by atoms with E-state index in [1.165, 1.54) is 6.07 Å². The van der Waals surface area contributed by atoms with E-state index in [1.807, 2.05) is 0 Å². The van der Waals surface area contributed by atoms with E-state index in [2.05, 4.69) is 6.58 Å². The van der Waals surface area contributed by atoms with Crippen LogP contribution >= 0.6 is 0 Å². The van der Waals surface area contributed by atoms with Crippen molar-refractivity contribution in [1.29, 1.82) is 0 Å². The first-order valence-corrected chi connectivity index (χ1v) is 3.64. The van der Waals surface area contributed by atoms with Crippen LogP contribution in [0.5, 0.6) is 0 Å². The Morgan fingerprint density at radius 3 is 2.42 bits per heavy atom. The second-order valence-corrected chi connectivity index (χ2v) is 2.81. The molecule has 2 heteroatoms. The molecular formula is C10H10F2. The number of rotatable bonds is 1. The minimum Gasteiger partial charge on any atom is -0.204 e. The van der Waals surface area contributed by atoms with Crippen LogP contribution in [0, 0.1) is 18.6 Å². The van der Waals surface area contributed by atoms with Gasteiger partial charge in [0.2, 0.25) is 0 Å². The van der Waals surface area contributed by atoms with Gasteiger partial charge >= 0.3 is 0 Å². The van der Waals surface area contributed by atoms with Crippen LogP contribution in [0.25, 0.3) is 5.57 Å². The highest BCUT2D eigenvalue weighted by atomic mass is 19.2. The Balaban J connectivity index is 3.36. The van der Waals surface area contributed by atoms with E-state index in [9.17, 15) is 8.78 Å². The van der Waals surface area contributed by atoms with Gasteiger partial charge in [0.15, 0.2) is 11.6 Å². The summed E-state index contributed by atoms with van der Waals surface area (Å²) in [5.41, 5.74) is 1.74. The first-order chi connectivity index (χ1) is 5.54. The summed E-state index contributed by atoms with van der Waals surface area (Å²) >= 11 is 0. The van der Waals surface area contributed by atoms with Crippen molar-refractivity contribution >= 4 is 5.57 Å². The fraction of sp³-hybridized carbons (Fsp3) is 0.200. The van der Waals surface area contributed by atoms with Crippen LogP contribution in [0.3, 0.4) is 0 Å². The van der Waals surface area contributed by atoms with Gasteiger partial charge in [0.1, 0.15) is 0 Å². The number of benzene rings is 1. The Kier molecular flexibility index (Phi) is 2.27. The average Bonchev–Trinajstić information content (AvgIpc) is 2.00. The lowest BCUT2D eigenvalue weighted by molar-refractivity contribution is 0.502. The molecule has 0 aliphatic heterocycles. The molecule has 0 saturated heterocycles. The molecule has 0 N–H and O–H groups in total. The van der Waals surface area contributed by atoms with E-state index in [1.54, 1.807) is 13.8 Å². The van der Waals surface area contributed by atoms with Gasteiger partial charge in [-0.2, -0.15) is 0 Å². The van der Waals surface area contributed by atoms with Crippen LogP contribution in [-0.4, -0.2) is 0 Å². The van der Waals surface area contributed by atoms with E-state index >= 15 is 0 Å². The number of hydrogen-bond acceptors (Lipinski definition) is 0. The Morgan fingerprint density at radius 2 is 1.92 bits per heavy atom. The highest BCUT2D eigenvalue weighted by molar-refractivity contribution is 5.64. The van der Waals surface area contributed by atoms with Crippen molar-refractivity contribution < 1.29 is 8.78 Å².